The van der Waals surface area contributed by atoms with E-state index in [1.165, 1.54) is 0 Å². The van der Waals surface area contributed by atoms with Crippen LogP contribution in [0.15, 0.2) is 0 Å². The minimum absolute atomic E-state index is 0.0447. The van der Waals surface area contributed by atoms with Crippen molar-refractivity contribution in [3.63, 3.8) is 0 Å². The lowest BCUT2D eigenvalue weighted by Gasteiger charge is -2.34. The molecule has 1 N–H and O–H groups in total. The molecule has 1 heterocycles. The number of carbonyl (C=O) groups is 2. The number of piperazine rings is 1. The number of amides is 2. The summed E-state index contributed by atoms with van der Waals surface area (Å²) in [7, 11) is 0. The van der Waals surface area contributed by atoms with E-state index in [0.717, 1.165) is 6.42 Å². The van der Waals surface area contributed by atoms with Crippen molar-refractivity contribution in [2.75, 3.05) is 13.1 Å². The van der Waals surface area contributed by atoms with Crippen molar-refractivity contribution in [2.45, 2.75) is 33.2 Å². The van der Waals surface area contributed by atoms with Gasteiger partial charge in [-0.2, -0.15) is 0 Å². The molecule has 1 fully saturated rings. The summed E-state index contributed by atoms with van der Waals surface area (Å²) in [6, 6.07) is -0.318. The molecule has 0 bridgehead atoms. The Labute approximate surface area is 84.7 Å². The van der Waals surface area contributed by atoms with Gasteiger partial charge in [-0.3, -0.25) is 9.59 Å². The van der Waals surface area contributed by atoms with Gasteiger partial charge >= 0.3 is 0 Å². The molecule has 14 heavy (non-hydrogen) atoms. The summed E-state index contributed by atoms with van der Waals surface area (Å²) in [5.74, 6) is 0.221. The molecule has 1 aliphatic heterocycles. The van der Waals surface area contributed by atoms with E-state index < -0.39 is 0 Å². The molecule has 2 unspecified atom stereocenters. The second kappa shape index (κ2) is 4.44. The summed E-state index contributed by atoms with van der Waals surface area (Å²) in [5.41, 5.74) is 0. The summed E-state index contributed by atoms with van der Waals surface area (Å²) in [6.07, 6.45) is 0.897. The molecule has 1 rings (SSSR count). The highest BCUT2D eigenvalue weighted by atomic mass is 16.2. The smallest absolute Gasteiger partial charge is 0.245 e. The van der Waals surface area contributed by atoms with Crippen molar-refractivity contribution in [3.8, 4) is 0 Å². The monoisotopic (exact) mass is 198 g/mol. The second-order valence-electron chi connectivity index (χ2n) is 3.78. The molecule has 0 aromatic carbocycles. The first-order valence-electron chi connectivity index (χ1n) is 5.18. The third-order valence-electron chi connectivity index (χ3n) is 2.82. The van der Waals surface area contributed by atoms with E-state index in [4.69, 9.17) is 0 Å². The molecule has 1 saturated heterocycles. The number of hydrogen-bond acceptors (Lipinski definition) is 2. The van der Waals surface area contributed by atoms with E-state index in [1.54, 1.807) is 4.90 Å². The molecule has 0 spiro atoms. The van der Waals surface area contributed by atoms with Crippen LogP contribution in [0, 0.1) is 5.92 Å². The van der Waals surface area contributed by atoms with Gasteiger partial charge in [0.15, 0.2) is 0 Å². The van der Waals surface area contributed by atoms with Crippen LogP contribution in [-0.4, -0.2) is 35.8 Å². The predicted molar refractivity (Wildman–Crippen MR) is 53.6 cm³/mol. The second-order valence-corrected chi connectivity index (χ2v) is 3.78. The van der Waals surface area contributed by atoms with Gasteiger partial charge in [0.2, 0.25) is 11.8 Å². The van der Waals surface area contributed by atoms with Gasteiger partial charge in [-0.25, -0.2) is 0 Å². The summed E-state index contributed by atoms with van der Waals surface area (Å²) in [5, 5.41) is 2.75. The lowest BCUT2D eigenvalue weighted by molar-refractivity contribution is -0.145. The van der Waals surface area contributed by atoms with Crippen LogP contribution in [0.5, 0.6) is 0 Å². The average molecular weight is 198 g/mol. The van der Waals surface area contributed by atoms with Gasteiger partial charge in [-0.15, -0.1) is 0 Å². The molecule has 0 radical (unpaired) electrons. The number of nitrogens with one attached hydrogen (secondary N) is 1. The Morgan fingerprint density at radius 1 is 1.50 bits per heavy atom. The number of hydrogen-bond donors (Lipinski definition) is 1. The minimum Gasteiger partial charge on any atom is -0.342 e. The zero-order valence-corrected chi connectivity index (χ0v) is 9.04. The molecule has 0 aromatic heterocycles. The van der Waals surface area contributed by atoms with Crippen molar-refractivity contribution < 1.29 is 9.59 Å². The fraction of sp³-hybridized carbons (Fsp3) is 0.800. The minimum atomic E-state index is -0.318. The van der Waals surface area contributed by atoms with E-state index in [-0.39, 0.29) is 30.3 Å². The zero-order valence-electron chi connectivity index (χ0n) is 9.04. The van der Waals surface area contributed by atoms with E-state index in [9.17, 15) is 9.59 Å². The van der Waals surface area contributed by atoms with E-state index in [1.807, 2.05) is 20.8 Å². The van der Waals surface area contributed by atoms with Crippen molar-refractivity contribution >= 4 is 11.8 Å². The number of nitrogens with zero attached hydrogens (tertiary/aromatic N) is 1. The van der Waals surface area contributed by atoms with Crippen molar-refractivity contribution in [1.82, 2.24) is 10.2 Å². The first kappa shape index (κ1) is 11.0. The van der Waals surface area contributed by atoms with Gasteiger partial charge in [-0.05, 0) is 12.8 Å². The molecule has 0 saturated carbocycles. The number of rotatable bonds is 3. The van der Waals surface area contributed by atoms with E-state index in [0.29, 0.717) is 6.54 Å². The summed E-state index contributed by atoms with van der Waals surface area (Å²) in [6.45, 7) is 6.72. The third kappa shape index (κ3) is 2.05. The highest BCUT2D eigenvalue weighted by Gasteiger charge is 2.34. The maximum Gasteiger partial charge on any atom is 0.245 e. The van der Waals surface area contributed by atoms with Gasteiger partial charge in [-0.1, -0.05) is 20.3 Å². The molecule has 0 aromatic rings. The van der Waals surface area contributed by atoms with E-state index in [2.05, 4.69) is 5.32 Å². The lowest BCUT2D eigenvalue weighted by Crippen LogP contribution is -2.59. The Morgan fingerprint density at radius 3 is 2.64 bits per heavy atom. The molecule has 80 valence electrons. The van der Waals surface area contributed by atoms with Gasteiger partial charge in [0.25, 0.3) is 0 Å². The van der Waals surface area contributed by atoms with Crippen LogP contribution < -0.4 is 5.32 Å². The summed E-state index contributed by atoms with van der Waals surface area (Å²) < 4.78 is 0. The van der Waals surface area contributed by atoms with Gasteiger partial charge in [0.1, 0.15) is 6.04 Å². The molecule has 0 aliphatic carbocycles. The average Bonchev–Trinajstić information content (AvgIpc) is 2.19. The van der Waals surface area contributed by atoms with Gasteiger partial charge < -0.3 is 10.2 Å². The molecule has 2 atom stereocenters. The Kier molecular flexibility index (Phi) is 3.49. The number of carbonyl (C=O) groups excluding carboxylic acids is 2. The van der Waals surface area contributed by atoms with Crippen LogP contribution in [0.4, 0.5) is 0 Å². The molecule has 1 aliphatic rings. The normalized spacial score (nSPS) is 24.8. The predicted octanol–water partition coefficient (Wildman–Crippen LogP) is 0.379. The van der Waals surface area contributed by atoms with Crippen molar-refractivity contribution in [3.05, 3.63) is 0 Å². The SMILES string of the molecule is CCC(C)C1NC(=O)CN(CC)C1=O. The van der Waals surface area contributed by atoms with E-state index >= 15 is 0 Å². The quantitative estimate of drug-likeness (QED) is 0.712. The van der Waals surface area contributed by atoms with Crippen molar-refractivity contribution in [1.29, 1.82) is 0 Å². The van der Waals surface area contributed by atoms with Crippen molar-refractivity contribution in [2.24, 2.45) is 5.92 Å². The summed E-state index contributed by atoms with van der Waals surface area (Å²) >= 11 is 0. The summed E-state index contributed by atoms with van der Waals surface area (Å²) in [4.78, 5) is 24.7. The largest absolute Gasteiger partial charge is 0.342 e. The lowest BCUT2D eigenvalue weighted by atomic mass is 9.96. The molecular formula is C10H18N2O2. The Balaban J connectivity index is 2.74. The molecule has 4 nitrogen and oxygen atoms in total. The van der Waals surface area contributed by atoms with Crippen LogP contribution in [0.2, 0.25) is 0 Å². The fourth-order valence-corrected chi connectivity index (χ4v) is 1.62. The van der Waals surface area contributed by atoms with Crippen LogP contribution in [0.3, 0.4) is 0 Å². The third-order valence-corrected chi connectivity index (χ3v) is 2.82. The van der Waals surface area contributed by atoms with Gasteiger partial charge in [0, 0.05) is 6.54 Å². The molecule has 2 amide bonds. The topological polar surface area (TPSA) is 49.4 Å². The maximum absolute atomic E-state index is 11.8. The van der Waals surface area contributed by atoms with Crippen LogP contribution >= 0.6 is 0 Å². The fourth-order valence-electron chi connectivity index (χ4n) is 1.62. The first-order valence-corrected chi connectivity index (χ1v) is 5.18. The highest BCUT2D eigenvalue weighted by Crippen LogP contribution is 2.13. The van der Waals surface area contributed by atoms with Crippen LogP contribution in [0.25, 0.3) is 0 Å². The standard InChI is InChI=1S/C10H18N2O2/c1-4-7(3)9-10(14)12(5-2)6-8(13)11-9/h7,9H,4-6H2,1-3H3,(H,11,13). The Morgan fingerprint density at radius 2 is 2.14 bits per heavy atom. The highest BCUT2D eigenvalue weighted by molar-refractivity contribution is 5.94. The van der Waals surface area contributed by atoms with Crippen LogP contribution in [-0.2, 0) is 9.59 Å². The van der Waals surface area contributed by atoms with Crippen LogP contribution in [0.1, 0.15) is 27.2 Å². The molecule has 4 heteroatoms. The maximum atomic E-state index is 11.8. The first-order chi connectivity index (χ1) is 6.60. The Bertz CT molecular complexity index is 240. The molecular weight excluding hydrogens is 180 g/mol. The zero-order chi connectivity index (χ0) is 10.7. The van der Waals surface area contributed by atoms with Gasteiger partial charge in [0.05, 0.1) is 6.54 Å². The Hall–Kier alpha value is -1.06. The number of likely N-dealkylation sites (N-methyl/N-ethyl adjacent to an activating group) is 1.